The van der Waals surface area contributed by atoms with Crippen LogP contribution in [0.3, 0.4) is 0 Å². The van der Waals surface area contributed by atoms with E-state index in [1.807, 2.05) is 84.8 Å². The number of thioether (sulfide) groups is 1. The molecule has 5 heterocycles. The Kier molecular flexibility index (Phi) is 9.72. The maximum absolute atomic E-state index is 5.12. The van der Waals surface area contributed by atoms with Crippen molar-refractivity contribution in [3.05, 3.63) is 254 Å². The lowest BCUT2D eigenvalue weighted by Crippen LogP contribution is -2.43. The highest BCUT2D eigenvalue weighted by Crippen LogP contribution is 2.64. The molecular weight excluding hydrogens is 847 g/mol. The highest BCUT2D eigenvalue weighted by atomic mass is 32.2. The molecule has 3 aliphatic rings. The third-order valence-corrected chi connectivity index (χ3v) is 15.0. The molecule has 5 nitrogen and oxygen atoms in total. The van der Waals surface area contributed by atoms with Crippen LogP contribution in [0.4, 0.5) is 0 Å². The molecule has 0 saturated heterocycles. The summed E-state index contributed by atoms with van der Waals surface area (Å²) in [6.07, 6.45) is 13.0. The van der Waals surface area contributed by atoms with Crippen molar-refractivity contribution in [3.8, 4) is 90.1 Å². The molecule has 1 aliphatic heterocycles. The van der Waals surface area contributed by atoms with Crippen molar-refractivity contribution in [2.75, 3.05) is 0 Å². The minimum atomic E-state index is -0.465. The molecule has 0 bridgehead atoms. The Morgan fingerprint density at radius 1 is 0.353 bits per heavy atom. The molecule has 6 heteroatoms. The lowest BCUT2D eigenvalue weighted by Gasteiger charge is -2.47. The molecule has 320 valence electrons. The van der Waals surface area contributed by atoms with Crippen molar-refractivity contribution >= 4 is 11.8 Å². The van der Waals surface area contributed by atoms with Gasteiger partial charge in [0, 0.05) is 45.1 Å². The summed E-state index contributed by atoms with van der Waals surface area (Å²) in [5.74, 6) is 0.876. The SMILES string of the molecule is C1=CC2Sc3ccccc3C3(c4cc(-c5ccc(-c6cc(-c7ccccc7)nc(-c7ccccc7)n6)cc5)ccc4-c4ccc(-c5cc(-c6ccccn6)nc(-c6ccccn6)c5)cc43)C2C=C1. The lowest BCUT2D eigenvalue weighted by atomic mass is 9.61. The van der Waals surface area contributed by atoms with E-state index in [0.29, 0.717) is 5.82 Å². The predicted molar refractivity (Wildman–Crippen MR) is 277 cm³/mol. The van der Waals surface area contributed by atoms with Crippen LogP contribution in [-0.2, 0) is 5.41 Å². The van der Waals surface area contributed by atoms with Crippen molar-refractivity contribution in [2.45, 2.75) is 15.6 Å². The first-order valence-electron chi connectivity index (χ1n) is 23.0. The summed E-state index contributed by atoms with van der Waals surface area (Å²) in [6, 6.07) is 71.2. The fraction of sp³-hybridized carbons (Fsp3) is 0.0484. The van der Waals surface area contributed by atoms with Gasteiger partial charge in [-0.25, -0.2) is 15.0 Å². The van der Waals surface area contributed by atoms with Gasteiger partial charge in [0.2, 0.25) is 0 Å². The van der Waals surface area contributed by atoms with Gasteiger partial charge in [-0.3, -0.25) is 9.97 Å². The van der Waals surface area contributed by atoms with Gasteiger partial charge in [0.1, 0.15) is 0 Å². The van der Waals surface area contributed by atoms with Crippen molar-refractivity contribution in [3.63, 3.8) is 0 Å². The monoisotopic (exact) mass is 887 g/mol. The first-order valence-corrected chi connectivity index (χ1v) is 23.9. The number of aromatic nitrogens is 5. The van der Waals surface area contributed by atoms with Crippen molar-refractivity contribution in [2.24, 2.45) is 5.92 Å². The Hall–Kier alpha value is -8.32. The number of pyridine rings is 3. The first-order chi connectivity index (χ1) is 33.7. The average Bonchev–Trinajstić information content (AvgIpc) is 3.70. The zero-order valence-electron chi connectivity index (χ0n) is 36.8. The fourth-order valence-electron chi connectivity index (χ4n) is 10.6. The van der Waals surface area contributed by atoms with E-state index < -0.39 is 5.41 Å². The van der Waals surface area contributed by atoms with E-state index in [1.165, 1.54) is 38.3 Å². The molecule has 13 rings (SSSR count). The molecule has 0 N–H and O–H groups in total. The van der Waals surface area contributed by atoms with Gasteiger partial charge in [-0.1, -0.05) is 164 Å². The Labute approximate surface area is 399 Å². The largest absolute Gasteiger partial charge is 0.255 e. The van der Waals surface area contributed by atoms with E-state index in [1.54, 1.807) is 0 Å². The van der Waals surface area contributed by atoms with E-state index >= 15 is 0 Å². The number of benzene rings is 6. The summed E-state index contributed by atoms with van der Waals surface area (Å²) in [7, 11) is 0. The maximum Gasteiger partial charge on any atom is 0.160 e. The quantitative estimate of drug-likeness (QED) is 0.159. The second kappa shape index (κ2) is 16.5. The van der Waals surface area contributed by atoms with Crippen molar-refractivity contribution < 1.29 is 0 Å². The van der Waals surface area contributed by atoms with Crippen LogP contribution < -0.4 is 0 Å². The first kappa shape index (κ1) is 40.0. The van der Waals surface area contributed by atoms with Gasteiger partial charge in [-0.15, -0.1) is 11.8 Å². The minimum Gasteiger partial charge on any atom is -0.255 e. The van der Waals surface area contributed by atoms with Crippen LogP contribution in [-0.4, -0.2) is 30.2 Å². The average molecular weight is 888 g/mol. The Bertz CT molecular complexity index is 3480. The Morgan fingerprint density at radius 3 is 1.51 bits per heavy atom. The predicted octanol–water partition coefficient (Wildman–Crippen LogP) is 14.9. The zero-order chi connectivity index (χ0) is 45.0. The van der Waals surface area contributed by atoms with Gasteiger partial charge in [-0.2, -0.15) is 0 Å². The maximum atomic E-state index is 5.12. The third-order valence-electron chi connectivity index (χ3n) is 13.7. The summed E-state index contributed by atoms with van der Waals surface area (Å²) < 4.78 is 0. The number of rotatable bonds is 7. The molecule has 0 saturated carbocycles. The smallest absolute Gasteiger partial charge is 0.160 e. The highest BCUT2D eigenvalue weighted by Gasteiger charge is 2.55. The Morgan fingerprint density at radius 2 is 0.882 bits per heavy atom. The zero-order valence-corrected chi connectivity index (χ0v) is 37.6. The van der Waals surface area contributed by atoms with Crippen LogP contribution in [0.2, 0.25) is 0 Å². The van der Waals surface area contributed by atoms with E-state index in [0.717, 1.165) is 67.5 Å². The lowest BCUT2D eigenvalue weighted by molar-refractivity contribution is 0.450. The van der Waals surface area contributed by atoms with Gasteiger partial charge in [0.05, 0.1) is 39.6 Å². The van der Waals surface area contributed by atoms with Gasteiger partial charge in [0.25, 0.3) is 0 Å². The molecule has 3 unspecified atom stereocenters. The Balaban J connectivity index is 0.960. The fourth-order valence-corrected chi connectivity index (χ4v) is 12.0. The van der Waals surface area contributed by atoms with Crippen LogP contribution in [0.1, 0.15) is 16.7 Å². The molecule has 0 fully saturated rings. The van der Waals surface area contributed by atoms with Gasteiger partial charge in [-0.05, 0) is 111 Å². The summed E-state index contributed by atoms with van der Waals surface area (Å²) in [6.45, 7) is 0. The van der Waals surface area contributed by atoms with Crippen LogP contribution in [0, 0.1) is 5.92 Å². The second-order valence-corrected chi connectivity index (χ2v) is 18.8. The molecule has 0 amide bonds. The summed E-state index contributed by atoms with van der Waals surface area (Å²) >= 11 is 1.98. The molecule has 3 atom stereocenters. The van der Waals surface area contributed by atoms with Gasteiger partial charge < -0.3 is 0 Å². The number of fused-ring (bicyclic) bond motifs is 9. The molecule has 68 heavy (non-hydrogen) atoms. The van der Waals surface area contributed by atoms with E-state index in [9.17, 15) is 0 Å². The molecule has 6 aromatic carbocycles. The molecule has 2 aliphatic carbocycles. The normalized spacial score (nSPS) is 17.3. The summed E-state index contributed by atoms with van der Waals surface area (Å²) in [5, 5.41) is 0.252. The number of allylic oxidation sites excluding steroid dienone is 3. The van der Waals surface area contributed by atoms with Crippen molar-refractivity contribution in [1.29, 1.82) is 0 Å². The van der Waals surface area contributed by atoms with E-state index in [-0.39, 0.29) is 11.2 Å². The van der Waals surface area contributed by atoms with Crippen LogP contribution in [0.15, 0.2) is 242 Å². The number of hydrogen-bond acceptors (Lipinski definition) is 6. The topological polar surface area (TPSA) is 64.5 Å². The molecular formula is C62H41N5S. The van der Waals surface area contributed by atoms with Gasteiger partial charge >= 0.3 is 0 Å². The minimum absolute atomic E-state index is 0.168. The number of nitrogens with zero attached hydrogens (tertiary/aromatic N) is 5. The molecule has 1 spiro atoms. The van der Waals surface area contributed by atoms with Gasteiger partial charge in [0.15, 0.2) is 5.82 Å². The van der Waals surface area contributed by atoms with E-state index in [2.05, 4.69) is 164 Å². The van der Waals surface area contributed by atoms with Crippen LogP contribution in [0.5, 0.6) is 0 Å². The second-order valence-electron chi connectivity index (χ2n) is 17.5. The summed E-state index contributed by atoms with van der Waals surface area (Å²) in [4.78, 5) is 26.0. The molecule has 0 radical (unpaired) electrons. The molecule has 10 aromatic rings. The summed E-state index contributed by atoms with van der Waals surface area (Å²) in [5.41, 5.74) is 18.7. The highest BCUT2D eigenvalue weighted by molar-refractivity contribution is 8.00. The van der Waals surface area contributed by atoms with E-state index in [4.69, 9.17) is 24.9 Å². The van der Waals surface area contributed by atoms with Crippen LogP contribution >= 0.6 is 11.8 Å². The van der Waals surface area contributed by atoms with Crippen molar-refractivity contribution in [1.82, 2.24) is 24.9 Å². The van der Waals surface area contributed by atoms with Crippen LogP contribution in [0.25, 0.3) is 90.1 Å². The molecule has 4 aromatic heterocycles. The number of hydrogen-bond donors (Lipinski definition) is 0. The standard InChI is InChI=1S/C62H41N5S/c1-3-15-41(16-4-1)55-39-56(67-61(66-55)43-17-5-2-6-18-43)42-27-25-40(26-28-42)44-29-31-47-48-32-30-45(46-37-57(53-21-11-13-33-63-53)65-58(38-46)54-22-12-14-34-64-54)36-52(48)62(51(47)35-44)49-19-7-9-23-59(49)68-60-24-10-8-20-50(60)62/h1-39,49,59H. The third kappa shape index (κ3) is 6.75.